The monoisotopic (exact) mass is 361 g/mol. The summed E-state index contributed by atoms with van der Waals surface area (Å²) in [4.78, 5) is 45.5. The minimum atomic E-state index is -1.11. The molecule has 0 radical (unpaired) electrons. The highest BCUT2D eigenvalue weighted by atomic mass is 16.7. The molecule has 0 aromatic rings. The molecule has 0 spiro atoms. The van der Waals surface area contributed by atoms with E-state index >= 15 is 0 Å². The first-order chi connectivity index (χ1) is 11.6. The Morgan fingerprint density at radius 2 is 1.48 bits per heavy atom. The molecule has 0 saturated carbocycles. The minimum Gasteiger partial charge on any atom is -0.463 e. The van der Waals surface area contributed by atoms with Crippen molar-refractivity contribution < 1.29 is 42.9 Å². The molecule has 0 aromatic carbocycles. The molecule has 0 aromatic heterocycles. The number of rotatable bonds is 6. The molecular weight excluding hydrogens is 338 g/mol. The maximum atomic E-state index is 11.5. The molecule has 0 bridgehead atoms. The zero-order valence-electron chi connectivity index (χ0n) is 14.8. The van der Waals surface area contributed by atoms with Gasteiger partial charge in [-0.2, -0.15) is 0 Å². The van der Waals surface area contributed by atoms with E-state index in [9.17, 15) is 19.2 Å². The molecule has 0 aliphatic carbocycles. The third-order valence-corrected chi connectivity index (χ3v) is 3.30. The number of ether oxygens (including phenoxy) is 5. The third kappa shape index (κ3) is 6.31. The van der Waals surface area contributed by atoms with Gasteiger partial charge in [0.1, 0.15) is 18.8 Å². The fourth-order valence-electron chi connectivity index (χ4n) is 2.49. The number of methoxy groups -OCH3 is 1. The molecule has 1 aliphatic rings. The Morgan fingerprint density at radius 1 is 0.920 bits per heavy atom. The van der Waals surface area contributed by atoms with E-state index in [0.29, 0.717) is 0 Å². The van der Waals surface area contributed by atoms with E-state index in [1.54, 1.807) is 0 Å². The fraction of sp³-hybridized carbons (Fsp3) is 0.733. The third-order valence-electron chi connectivity index (χ3n) is 3.30. The summed E-state index contributed by atoms with van der Waals surface area (Å²) < 4.78 is 26.2. The Hall–Kier alpha value is -2.20. The van der Waals surface area contributed by atoms with Gasteiger partial charge in [-0.05, 0) is 0 Å². The van der Waals surface area contributed by atoms with Crippen molar-refractivity contribution in [2.75, 3.05) is 13.7 Å². The first kappa shape index (κ1) is 20.8. The van der Waals surface area contributed by atoms with Crippen molar-refractivity contribution in [3.63, 3.8) is 0 Å². The van der Waals surface area contributed by atoms with Gasteiger partial charge < -0.3 is 29.0 Å². The summed E-state index contributed by atoms with van der Waals surface area (Å²) in [5.41, 5.74) is 0. The van der Waals surface area contributed by atoms with E-state index in [4.69, 9.17) is 23.7 Å². The highest BCUT2D eigenvalue weighted by Crippen LogP contribution is 2.27. The van der Waals surface area contributed by atoms with Crippen molar-refractivity contribution in [1.82, 2.24) is 5.32 Å². The largest absolute Gasteiger partial charge is 0.463 e. The molecule has 1 rings (SSSR count). The van der Waals surface area contributed by atoms with Gasteiger partial charge in [0.2, 0.25) is 5.91 Å². The normalized spacial score (nSPS) is 28.6. The van der Waals surface area contributed by atoms with E-state index in [1.165, 1.54) is 34.8 Å². The number of amides is 1. The molecule has 1 amide bonds. The topological polar surface area (TPSA) is 126 Å². The van der Waals surface area contributed by atoms with Crippen LogP contribution < -0.4 is 5.32 Å². The van der Waals surface area contributed by atoms with Crippen LogP contribution in [-0.2, 0) is 42.9 Å². The predicted molar refractivity (Wildman–Crippen MR) is 81.0 cm³/mol. The standard InChI is InChI=1S/C15H23NO9/c1-7(17)16-12-14(24-10(4)20)13(23-9(3)19)11(6-22-8(2)18)25-15(12)21-5/h11-15H,6H2,1-5H3,(H,16,17)/t11-,12-,13-,14-,15-/m1/s1. The predicted octanol–water partition coefficient (Wildman–Crippen LogP) is -0.711. The van der Waals surface area contributed by atoms with Crippen LogP contribution in [0.25, 0.3) is 0 Å². The number of hydrogen-bond donors (Lipinski definition) is 1. The van der Waals surface area contributed by atoms with Gasteiger partial charge >= 0.3 is 17.9 Å². The molecule has 1 heterocycles. The number of nitrogens with one attached hydrogen (secondary N) is 1. The smallest absolute Gasteiger partial charge is 0.303 e. The Labute approximate surface area is 145 Å². The van der Waals surface area contributed by atoms with Crippen molar-refractivity contribution in [2.45, 2.75) is 58.3 Å². The average molecular weight is 361 g/mol. The van der Waals surface area contributed by atoms with E-state index < -0.39 is 54.5 Å². The summed E-state index contributed by atoms with van der Waals surface area (Å²) in [6.07, 6.45) is -4.17. The quantitative estimate of drug-likeness (QED) is 0.482. The summed E-state index contributed by atoms with van der Waals surface area (Å²) in [5, 5.41) is 2.56. The van der Waals surface area contributed by atoms with Gasteiger partial charge in [0.15, 0.2) is 18.5 Å². The summed E-state index contributed by atoms with van der Waals surface area (Å²) in [6, 6.07) is -0.927. The average Bonchev–Trinajstić information content (AvgIpc) is 2.48. The first-order valence-corrected chi connectivity index (χ1v) is 7.58. The van der Waals surface area contributed by atoms with Crippen LogP contribution in [0.3, 0.4) is 0 Å². The zero-order chi connectivity index (χ0) is 19.1. The van der Waals surface area contributed by atoms with Crippen molar-refractivity contribution in [3.05, 3.63) is 0 Å². The van der Waals surface area contributed by atoms with Crippen LogP contribution >= 0.6 is 0 Å². The van der Waals surface area contributed by atoms with Crippen LogP contribution in [0.4, 0.5) is 0 Å². The second-order valence-electron chi connectivity index (χ2n) is 5.46. The minimum absolute atomic E-state index is 0.252. The zero-order valence-corrected chi connectivity index (χ0v) is 14.8. The summed E-state index contributed by atoms with van der Waals surface area (Å²) >= 11 is 0. The van der Waals surface area contributed by atoms with Crippen molar-refractivity contribution in [3.8, 4) is 0 Å². The molecule has 5 atom stereocenters. The lowest BCUT2D eigenvalue weighted by atomic mass is 9.96. The van der Waals surface area contributed by atoms with Gasteiger partial charge in [-0.1, -0.05) is 0 Å². The number of hydrogen-bond acceptors (Lipinski definition) is 9. The maximum absolute atomic E-state index is 11.5. The molecule has 1 aliphatic heterocycles. The Morgan fingerprint density at radius 3 is 1.92 bits per heavy atom. The van der Waals surface area contributed by atoms with Crippen molar-refractivity contribution >= 4 is 23.8 Å². The highest BCUT2D eigenvalue weighted by Gasteiger charge is 2.50. The van der Waals surface area contributed by atoms with Crippen molar-refractivity contribution in [2.24, 2.45) is 0 Å². The molecule has 0 unspecified atom stereocenters. The highest BCUT2D eigenvalue weighted by molar-refractivity contribution is 5.73. The second kappa shape index (κ2) is 9.33. The molecule has 10 heteroatoms. The van der Waals surface area contributed by atoms with E-state index in [-0.39, 0.29) is 6.61 Å². The number of esters is 3. The number of carbonyl (C=O) groups excluding carboxylic acids is 4. The lowest BCUT2D eigenvalue weighted by Crippen LogP contribution is -2.66. The number of carbonyl (C=O) groups is 4. The Balaban J connectivity index is 3.18. The van der Waals surface area contributed by atoms with Crippen molar-refractivity contribution in [1.29, 1.82) is 0 Å². The van der Waals surface area contributed by atoms with Gasteiger partial charge in [0, 0.05) is 34.8 Å². The van der Waals surface area contributed by atoms with Crippen LogP contribution in [0.2, 0.25) is 0 Å². The fourth-order valence-corrected chi connectivity index (χ4v) is 2.49. The van der Waals surface area contributed by atoms with E-state index in [1.807, 2.05) is 0 Å². The summed E-state index contributed by atoms with van der Waals surface area (Å²) in [7, 11) is 1.33. The van der Waals surface area contributed by atoms with Gasteiger partial charge in [-0.3, -0.25) is 19.2 Å². The van der Waals surface area contributed by atoms with Gasteiger partial charge in [0.25, 0.3) is 0 Å². The molecule has 142 valence electrons. The van der Waals surface area contributed by atoms with Gasteiger partial charge in [0.05, 0.1) is 0 Å². The van der Waals surface area contributed by atoms with E-state index in [0.717, 1.165) is 0 Å². The lowest BCUT2D eigenvalue weighted by Gasteiger charge is -2.44. The van der Waals surface area contributed by atoms with Gasteiger partial charge in [-0.25, -0.2) is 0 Å². The van der Waals surface area contributed by atoms with E-state index in [2.05, 4.69) is 5.32 Å². The SMILES string of the molecule is CO[C@@H]1O[C@H](COC(C)=O)[C@@H](OC(C)=O)[C@H](OC(C)=O)[C@H]1NC(C)=O. The molecule has 10 nitrogen and oxygen atoms in total. The van der Waals surface area contributed by atoms with Crippen LogP contribution in [0.1, 0.15) is 27.7 Å². The van der Waals surface area contributed by atoms with Crippen LogP contribution in [0.15, 0.2) is 0 Å². The Bertz CT molecular complexity index is 521. The first-order valence-electron chi connectivity index (χ1n) is 7.58. The van der Waals surface area contributed by atoms with Crippen LogP contribution in [0, 0.1) is 0 Å². The second-order valence-corrected chi connectivity index (χ2v) is 5.46. The molecule has 25 heavy (non-hydrogen) atoms. The molecular formula is C15H23NO9. The van der Waals surface area contributed by atoms with Crippen LogP contribution in [0.5, 0.6) is 0 Å². The summed E-state index contributed by atoms with van der Waals surface area (Å²) in [5.74, 6) is -2.29. The Kier molecular flexibility index (Phi) is 7.78. The van der Waals surface area contributed by atoms with Gasteiger partial charge in [-0.15, -0.1) is 0 Å². The maximum Gasteiger partial charge on any atom is 0.303 e. The lowest BCUT2D eigenvalue weighted by molar-refractivity contribution is -0.271. The molecule has 1 saturated heterocycles. The molecule has 1 N–H and O–H groups in total. The van der Waals surface area contributed by atoms with Crippen LogP contribution in [-0.4, -0.2) is 68.2 Å². The molecule has 1 fully saturated rings. The summed E-state index contributed by atoms with van der Waals surface area (Å²) in [6.45, 7) is 4.57.